The maximum absolute atomic E-state index is 13.2. The molecule has 2 heterocycles. The highest BCUT2D eigenvalue weighted by Crippen LogP contribution is 2.14. The van der Waals surface area contributed by atoms with Crippen LogP contribution in [0.1, 0.15) is 11.1 Å². The summed E-state index contributed by atoms with van der Waals surface area (Å²) in [6.07, 6.45) is 2.74. The van der Waals surface area contributed by atoms with Gasteiger partial charge in [-0.3, -0.25) is 18.7 Å². The summed E-state index contributed by atoms with van der Waals surface area (Å²) >= 11 is 6.13. The molecule has 9 nitrogen and oxygen atoms in total. The van der Waals surface area contributed by atoms with E-state index in [9.17, 15) is 14.4 Å². The molecule has 1 amide bonds. The SMILES string of the molecule is COc1ccc(Cn2c(=O)c3nccnc3n(CC(=O)NCc3ccccc3Cl)c2=O)cc1. The van der Waals surface area contributed by atoms with Crippen LogP contribution in [0.15, 0.2) is 70.5 Å². The summed E-state index contributed by atoms with van der Waals surface area (Å²) in [5.74, 6) is 0.224. The molecule has 0 saturated carbocycles. The van der Waals surface area contributed by atoms with Gasteiger partial charge in [0.1, 0.15) is 12.3 Å². The molecule has 4 rings (SSSR count). The van der Waals surface area contributed by atoms with Crippen molar-refractivity contribution in [2.24, 2.45) is 0 Å². The second-order valence-electron chi connectivity index (χ2n) is 7.20. The predicted molar refractivity (Wildman–Crippen MR) is 123 cm³/mol. The molecule has 0 aliphatic carbocycles. The summed E-state index contributed by atoms with van der Waals surface area (Å²) in [4.78, 5) is 47.1. The van der Waals surface area contributed by atoms with Crippen LogP contribution in [0.2, 0.25) is 5.02 Å². The molecule has 0 fully saturated rings. The molecule has 0 spiro atoms. The van der Waals surface area contributed by atoms with Crippen molar-refractivity contribution in [2.45, 2.75) is 19.6 Å². The van der Waals surface area contributed by atoms with E-state index in [-0.39, 0.29) is 30.8 Å². The lowest BCUT2D eigenvalue weighted by molar-refractivity contribution is -0.121. The lowest BCUT2D eigenvalue weighted by Crippen LogP contribution is -2.43. The lowest BCUT2D eigenvalue weighted by Gasteiger charge is -2.13. The van der Waals surface area contributed by atoms with Crippen LogP contribution in [0.3, 0.4) is 0 Å². The van der Waals surface area contributed by atoms with Crippen molar-refractivity contribution < 1.29 is 9.53 Å². The highest BCUT2D eigenvalue weighted by atomic mass is 35.5. The topological polar surface area (TPSA) is 108 Å². The van der Waals surface area contributed by atoms with Crippen LogP contribution in [0, 0.1) is 0 Å². The first kappa shape index (κ1) is 22.2. The molecule has 0 saturated heterocycles. The average molecular weight is 466 g/mol. The highest BCUT2D eigenvalue weighted by molar-refractivity contribution is 6.31. The van der Waals surface area contributed by atoms with Gasteiger partial charge in [0.15, 0.2) is 11.2 Å². The Labute approximate surface area is 193 Å². The maximum Gasteiger partial charge on any atom is 0.333 e. The van der Waals surface area contributed by atoms with Crippen molar-refractivity contribution in [1.82, 2.24) is 24.4 Å². The molecule has 0 bridgehead atoms. The number of aromatic nitrogens is 4. The van der Waals surface area contributed by atoms with Gasteiger partial charge in [-0.2, -0.15) is 0 Å². The monoisotopic (exact) mass is 465 g/mol. The number of methoxy groups -OCH3 is 1. The van der Waals surface area contributed by atoms with Crippen molar-refractivity contribution in [2.75, 3.05) is 7.11 Å². The Kier molecular flexibility index (Phi) is 6.50. The second kappa shape index (κ2) is 9.66. The first-order valence-corrected chi connectivity index (χ1v) is 10.4. The fourth-order valence-electron chi connectivity index (χ4n) is 3.36. The van der Waals surface area contributed by atoms with Crippen LogP contribution in [0.25, 0.3) is 11.2 Å². The van der Waals surface area contributed by atoms with Crippen LogP contribution in [0.5, 0.6) is 5.75 Å². The Morgan fingerprint density at radius 3 is 2.48 bits per heavy atom. The molecule has 0 aliphatic heterocycles. The zero-order chi connectivity index (χ0) is 23.4. The van der Waals surface area contributed by atoms with E-state index in [0.717, 1.165) is 14.7 Å². The molecule has 168 valence electrons. The number of rotatable bonds is 7. The number of amides is 1. The van der Waals surface area contributed by atoms with Gasteiger partial charge in [0.05, 0.1) is 13.7 Å². The number of ether oxygens (including phenoxy) is 1. The van der Waals surface area contributed by atoms with Gasteiger partial charge in [0.2, 0.25) is 5.91 Å². The Hall–Kier alpha value is -3.98. The van der Waals surface area contributed by atoms with Gasteiger partial charge >= 0.3 is 5.69 Å². The molecule has 0 unspecified atom stereocenters. The molecule has 0 radical (unpaired) electrons. The van der Waals surface area contributed by atoms with E-state index in [1.807, 2.05) is 6.07 Å². The predicted octanol–water partition coefficient (Wildman–Crippen LogP) is 1.98. The van der Waals surface area contributed by atoms with Gasteiger partial charge < -0.3 is 10.1 Å². The number of nitrogens with zero attached hydrogens (tertiary/aromatic N) is 4. The molecule has 2 aromatic carbocycles. The molecular formula is C23H20ClN5O4. The number of halogens is 1. The van der Waals surface area contributed by atoms with Crippen LogP contribution < -0.4 is 21.3 Å². The highest BCUT2D eigenvalue weighted by Gasteiger charge is 2.17. The standard InChI is InChI=1S/C23H20ClN5O4/c1-33-17-8-6-15(7-9-17)13-29-22(31)20-21(26-11-10-25-20)28(23(29)32)14-19(30)27-12-16-4-2-3-5-18(16)24/h2-11H,12-14H2,1H3,(H,27,30). The van der Waals surface area contributed by atoms with E-state index in [2.05, 4.69) is 15.3 Å². The van der Waals surface area contributed by atoms with Crippen LogP contribution in [-0.4, -0.2) is 32.1 Å². The van der Waals surface area contributed by atoms with Crippen molar-refractivity contribution >= 4 is 28.7 Å². The minimum absolute atomic E-state index is 0.00418. The van der Waals surface area contributed by atoms with Crippen molar-refractivity contribution in [1.29, 1.82) is 0 Å². The van der Waals surface area contributed by atoms with Crippen molar-refractivity contribution in [3.63, 3.8) is 0 Å². The van der Waals surface area contributed by atoms with E-state index in [0.29, 0.717) is 16.3 Å². The normalized spacial score (nSPS) is 10.8. The number of nitrogens with one attached hydrogen (secondary N) is 1. The fourth-order valence-corrected chi connectivity index (χ4v) is 3.56. The first-order chi connectivity index (χ1) is 16.0. The fraction of sp³-hybridized carbons (Fsp3) is 0.174. The van der Waals surface area contributed by atoms with Gasteiger partial charge in [-0.1, -0.05) is 41.9 Å². The first-order valence-electron chi connectivity index (χ1n) is 10.1. The molecule has 0 aliphatic rings. The van der Waals surface area contributed by atoms with E-state index in [4.69, 9.17) is 16.3 Å². The second-order valence-corrected chi connectivity index (χ2v) is 7.61. The number of hydrogen-bond donors (Lipinski definition) is 1. The minimum Gasteiger partial charge on any atom is -0.497 e. The van der Waals surface area contributed by atoms with Gasteiger partial charge in [0, 0.05) is 24.0 Å². The number of benzene rings is 2. The average Bonchev–Trinajstić information content (AvgIpc) is 2.84. The summed E-state index contributed by atoms with van der Waals surface area (Å²) in [6, 6.07) is 14.1. The van der Waals surface area contributed by atoms with Crippen molar-refractivity contribution in [3.05, 3.63) is 97.9 Å². The van der Waals surface area contributed by atoms with Crippen LogP contribution >= 0.6 is 11.6 Å². The quantitative estimate of drug-likeness (QED) is 0.447. The molecule has 2 aromatic heterocycles. The molecule has 4 aromatic rings. The molecule has 0 atom stereocenters. The number of carbonyl (C=O) groups is 1. The summed E-state index contributed by atoms with van der Waals surface area (Å²) in [7, 11) is 1.55. The molecule has 1 N–H and O–H groups in total. The molecule has 10 heteroatoms. The van der Waals surface area contributed by atoms with Gasteiger partial charge in [-0.05, 0) is 29.3 Å². The summed E-state index contributed by atoms with van der Waals surface area (Å²) in [5, 5.41) is 3.27. The van der Waals surface area contributed by atoms with Crippen LogP contribution in [-0.2, 0) is 24.4 Å². The lowest BCUT2D eigenvalue weighted by atomic mass is 10.2. The van der Waals surface area contributed by atoms with E-state index in [1.54, 1.807) is 49.6 Å². The summed E-state index contributed by atoms with van der Waals surface area (Å²) in [5.41, 5.74) is 0.279. The van der Waals surface area contributed by atoms with Crippen LogP contribution in [0.4, 0.5) is 0 Å². The third-order valence-corrected chi connectivity index (χ3v) is 5.45. The van der Waals surface area contributed by atoms with E-state index >= 15 is 0 Å². The smallest absolute Gasteiger partial charge is 0.333 e. The number of hydrogen-bond acceptors (Lipinski definition) is 6. The number of carbonyl (C=O) groups excluding carboxylic acids is 1. The van der Waals surface area contributed by atoms with Gasteiger partial charge in [-0.15, -0.1) is 0 Å². The Morgan fingerprint density at radius 1 is 1.03 bits per heavy atom. The van der Waals surface area contributed by atoms with Gasteiger partial charge in [-0.25, -0.2) is 14.8 Å². The van der Waals surface area contributed by atoms with E-state index < -0.39 is 17.2 Å². The van der Waals surface area contributed by atoms with Gasteiger partial charge in [0.25, 0.3) is 5.56 Å². The third-order valence-electron chi connectivity index (χ3n) is 5.08. The molecular weight excluding hydrogens is 446 g/mol. The minimum atomic E-state index is -0.656. The Balaban J connectivity index is 1.66. The Bertz CT molecular complexity index is 1430. The Morgan fingerprint density at radius 2 is 1.76 bits per heavy atom. The maximum atomic E-state index is 13.2. The van der Waals surface area contributed by atoms with E-state index in [1.165, 1.54) is 12.4 Å². The number of fused-ring (bicyclic) bond motifs is 1. The summed E-state index contributed by atoms with van der Waals surface area (Å²) in [6.45, 7) is -0.126. The largest absolute Gasteiger partial charge is 0.497 e. The summed E-state index contributed by atoms with van der Waals surface area (Å²) < 4.78 is 7.33. The zero-order valence-corrected chi connectivity index (χ0v) is 18.5. The third kappa shape index (κ3) is 4.78. The van der Waals surface area contributed by atoms with Crippen molar-refractivity contribution in [3.8, 4) is 5.75 Å². The zero-order valence-electron chi connectivity index (χ0n) is 17.7. The molecule has 33 heavy (non-hydrogen) atoms.